The maximum atomic E-state index is 11.8. The Bertz CT molecular complexity index is 336. The van der Waals surface area contributed by atoms with Crippen molar-refractivity contribution >= 4 is 23.5 Å². The molecular weight excluding hydrogens is 254 g/mol. The van der Waals surface area contributed by atoms with Crippen LogP contribution in [0, 0.1) is 5.92 Å². The minimum Gasteiger partial charge on any atom is -0.351 e. The zero-order valence-electron chi connectivity index (χ0n) is 10.9. The summed E-state index contributed by atoms with van der Waals surface area (Å²) in [6.07, 6.45) is 1.39. The maximum Gasteiger partial charge on any atom is 0.319 e. The van der Waals surface area contributed by atoms with Gasteiger partial charge in [-0.2, -0.15) is 0 Å². The summed E-state index contributed by atoms with van der Waals surface area (Å²) in [5.74, 6) is -0.0408. The van der Waals surface area contributed by atoms with E-state index in [4.69, 9.17) is 11.6 Å². The van der Waals surface area contributed by atoms with Crippen molar-refractivity contribution < 1.29 is 9.59 Å². The lowest BCUT2D eigenvalue weighted by molar-refractivity contribution is -0.126. The van der Waals surface area contributed by atoms with Crippen LogP contribution in [0.1, 0.15) is 12.8 Å². The number of carbonyl (C=O) groups excluding carboxylic acids is 2. The van der Waals surface area contributed by atoms with Crippen LogP contribution in [0.15, 0.2) is 11.6 Å². The van der Waals surface area contributed by atoms with Gasteiger partial charge in [-0.3, -0.25) is 4.79 Å². The molecule has 1 saturated heterocycles. The average molecular weight is 274 g/mol. The summed E-state index contributed by atoms with van der Waals surface area (Å²) in [7, 11) is 3.46. The van der Waals surface area contributed by atoms with Crippen molar-refractivity contribution in [2.45, 2.75) is 12.8 Å². The van der Waals surface area contributed by atoms with Crippen LogP contribution in [0.3, 0.4) is 0 Å². The molecule has 0 unspecified atom stereocenters. The normalized spacial score (nSPS) is 16.3. The molecule has 0 radical (unpaired) electrons. The molecule has 6 heteroatoms. The number of amides is 3. The van der Waals surface area contributed by atoms with E-state index in [1.165, 1.54) is 0 Å². The first kappa shape index (κ1) is 14.8. The van der Waals surface area contributed by atoms with E-state index < -0.39 is 0 Å². The molecule has 0 aromatic heterocycles. The van der Waals surface area contributed by atoms with Gasteiger partial charge < -0.3 is 15.1 Å². The Morgan fingerprint density at radius 1 is 1.39 bits per heavy atom. The molecule has 3 amide bonds. The fourth-order valence-corrected chi connectivity index (χ4v) is 2.01. The van der Waals surface area contributed by atoms with Crippen LogP contribution in [0.2, 0.25) is 0 Å². The Balaban J connectivity index is 2.37. The van der Waals surface area contributed by atoms with Crippen LogP contribution in [-0.2, 0) is 4.79 Å². The van der Waals surface area contributed by atoms with Gasteiger partial charge in [0.05, 0.1) is 6.54 Å². The second kappa shape index (κ2) is 6.64. The molecule has 18 heavy (non-hydrogen) atoms. The summed E-state index contributed by atoms with van der Waals surface area (Å²) in [6, 6.07) is 0.00277. The Morgan fingerprint density at radius 3 is 2.39 bits per heavy atom. The van der Waals surface area contributed by atoms with Crippen LogP contribution >= 0.6 is 11.6 Å². The van der Waals surface area contributed by atoms with E-state index in [2.05, 4.69) is 11.9 Å². The highest BCUT2D eigenvalue weighted by atomic mass is 35.5. The molecule has 1 aliphatic heterocycles. The molecule has 102 valence electrons. The molecule has 0 spiro atoms. The number of hydrogen-bond acceptors (Lipinski definition) is 2. The number of carbonyl (C=O) groups is 2. The highest BCUT2D eigenvalue weighted by molar-refractivity contribution is 6.29. The van der Waals surface area contributed by atoms with Crippen LogP contribution in [-0.4, -0.2) is 55.5 Å². The highest BCUT2D eigenvalue weighted by Gasteiger charge is 2.27. The molecular formula is C12H20ClN3O2. The number of nitrogens with zero attached hydrogens (tertiary/aromatic N) is 2. The van der Waals surface area contributed by atoms with Gasteiger partial charge >= 0.3 is 6.03 Å². The molecule has 1 N–H and O–H groups in total. The predicted molar refractivity (Wildman–Crippen MR) is 71.4 cm³/mol. The molecule has 0 atom stereocenters. The molecule has 0 aromatic carbocycles. The Labute approximate surface area is 113 Å². The van der Waals surface area contributed by atoms with Gasteiger partial charge in [-0.15, -0.1) is 0 Å². The average Bonchev–Trinajstić information content (AvgIpc) is 2.35. The minimum atomic E-state index is -0.0350. The van der Waals surface area contributed by atoms with E-state index in [-0.39, 0.29) is 17.9 Å². The van der Waals surface area contributed by atoms with Gasteiger partial charge in [-0.25, -0.2) is 4.79 Å². The SMILES string of the molecule is C=C(Cl)CNC(=O)C1CCN(C(=O)N(C)C)CC1. The first-order chi connectivity index (χ1) is 8.41. The Hall–Kier alpha value is -1.23. The fourth-order valence-electron chi connectivity index (χ4n) is 1.94. The van der Waals surface area contributed by atoms with Crippen molar-refractivity contribution in [3.63, 3.8) is 0 Å². The first-order valence-electron chi connectivity index (χ1n) is 5.99. The molecule has 0 saturated carbocycles. The van der Waals surface area contributed by atoms with E-state index in [9.17, 15) is 9.59 Å². The molecule has 0 aliphatic carbocycles. The summed E-state index contributed by atoms with van der Waals surface area (Å²) < 4.78 is 0. The summed E-state index contributed by atoms with van der Waals surface area (Å²) in [5, 5.41) is 3.15. The van der Waals surface area contributed by atoms with Crippen molar-refractivity contribution in [3.05, 3.63) is 11.6 Å². The van der Waals surface area contributed by atoms with Crippen LogP contribution in [0.5, 0.6) is 0 Å². The number of hydrogen-bond donors (Lipinski definition) is 1. The van der Waals surface area contributed by atoms with Gasteiger partial charge in [0.15, 0.2) is 0 Å². The molecule has 1 rings (SSSR count). The van der Waals surface area contributed by atoms with Crippen LogP contribution in [0.25, 0.3) is 0 Å². The lowest BCUT2D eigenvalue weighted by Gasteiger charge is -2.33. The third-order valence-electron chi connectivity index (χ3n) is 2.97. The van der Waals surface area contributed by atoms with Gasteiger partial charge in [-0.1, -0.05) is 18.2 Å². The van der Waals surface area contributed by atoms with Gasteiger partial charge in [0, 0.05) is 38.1 Å². The van der Waals surface area contributed by atoms with Crippen LogP contribution in [0.4, 0.5) is 4.79 Å². The van der Waals surface area contributed by atoms with Crippen molar-refractivity contribution in [3.8, 4) is 0 Å². The lowest BCUT2D eigenvalue weighted by atomic mass is 9.96. The van der Waals surface area contributed by atoms with E-state index in [1.807, 2.05) is 0 Å². The molecule has 1 fully saturated rings. The number of likely N-dealkylation sites (tertiary alicyclic amines) is 1. The van der Waals surface area contributed by atoms with Gasteiger partial charge in [0.1, 0.15) is 0 Å². The van der Waals surface area contributed by atoms with Crippen LogP contribution < -0.4 is 5.32 Å². The summed E-state index contributed by atoms with van der Waals surface area (Å²) >= 11 is 5.59. The third kappa shape index (κ3) is 4.22. The number of piperidine rings is 1. The smallest absolute Gasteiger partial charge is 0.319 e. The number of rotatable bonds is 3. The van der Waals surface area contributed by atoms with E-state index in [1.54, 1.807) is 23.9 Å². The summed E-state index contributed by atoms with van der Waals surface area (Å²) in [5.41, 5.74) is 0. The molecule has 1 aliphatic rings. The fraction of sp³-hybridized carbons (Fsp3) is 0.667. The largest absolute Gasteiger partial charge is 0.351 e. The summed E-state index contributed by atoms with van der Waals surface area (Å²) in [6.45, 7) is 5.07. The topological polar surface area (TPSA) is 52.7 Å². The van der Waals surface area contributed by atoms with Crippen molar-refractivity contribution in [1.82, 2.24) is 15.1 Å². The van der Waals surface area contributed by atoms with Gasteiger partial charge in [-0.05, 0) is 12.8 Å². The predicted octanol–water partition coefficient (Wildman–Crippen LogP) is 1.25. The minimum absolute atomic E-state index is 0.00277. The maximum absolute atomic E-state index is 11.8. The molecule has 0 bridgehead atoms. The Kier molecular flexibility index (Phi) is 5.47. The lowest BCUT2D eigenvalue weighted by Crippen LogP contribution is -2.46. The Morgan fingerprint density at radius 2 is 1.94 bits per heavy atom. The number of urea groups is 1. The zero-order valence-corrected chi connectivity index (χ0v) is 11.7. The highest BCUT2D eigenvalue weighted by Crippen LogP contribution is 2.18. The van der Waals surface area contributed by atoms with Crippen molar-refractivity contribution in [2.75, 3.05) is 33.7 Å². The number of nitrogens with one attached hydrogen (secondary N) is 1. The standard InChI is InChI=1S/C12H20ClN3O2/c1-9(13)8-14-11(17)10-4-6-16(7-5-10)12(18)15(2)3/h10H,1,4-8H2,2-3H3,(H,14,17). The zero-order chi connectivity index (χ0) is 13.7. The quantitative estimate of drug-likeness (QED) is 0.841. The monoisotopic (exact) mass is 273 g/mol. The third-order valence-corrected chi connectivity index (χ3v) is 3.11. The first-order valence-corrected chi connectivity index (χ1v) is 6.37. The van der Waals surface area contributed by atoms with Gasteiger partial charge in [0.2, 0.25) is 5.91 Å². The van der Waals surface area contributed by atoms with Crippen molar-refractivity contribution in [1.29, 1.82) is 0 Å². The van der Waals surface area contributed by atoms with E-state index >= 15 is 0 Å². The van der Waals surface area contributed by atoms with E-state index in [0.717, 1.165) is 0 Å². The number of halogens is 1. The van der Waals surface area contributed by atoms with Gasteiger partial charge in [0.25, 0.3) is 0 Å². The van der Waals surface area contributed by atoms with Crippen molar-refractivity contribution in [2.24, 2.45) is 5.92 Å². The summed E-state index contributed by atoms with van der Waals surface area (Å²) in [4.78, 5) is 26.8. The second-order valence-corrected chi connectivity index (χ2v) is 5.21. The second-order valence-electron chi connectivity index (χ2n) is 4.67. The molecule has 0 aromatic rings. The molecule has 5 nitrogen and oxygen atoms in total. The molecule has 1 heterocycles. The van der Waals surface area contributed by atoms with E-state index in [0.29, 0.717) is 37.5 Å².